The fourth-order valence-corrected chi connectivity index (χ4v) is 3.87. The average Bonchev–Trinajstić information content (AvgIpc) is 2.91. The van der Waals surface area contributed by atoms with Crippen LogP contribution >= 0.6 is 0 Å². The van der Waals surface area contributed by atoms with Gasteiger partial charge in [0.15, 0.2) is 0 Å². The summed E-state index contributed by atoms with van der Waals surface area (Å²) in [5.41, 5.74) is 0. The number of ether oxygens (including phenoxy) is 4. The first-order chi connectivity index (χ1) is 21.2. The highest BCUT2D eigenvalue weighted by atomic mass is 16.6. The molecule has 0 aliphatic carbocycles. The van der Waals surface area contributed by atoms with Crippen LogP contribution in [0, 0.1) is 23.7 Å². The molecule has 0 amide bonds. The lowest BCUT2D eigenvalue weighted by Crippen LogP contribution is -2.31. The number of carbonyl (C=O) groups excluding carboxylic acids is 5. The summed E-state index contributed by atoms with van der Waals surface area (Å²) in [5.74, 6) is -1.62. The van der Waals surface area contributed by atoms with Gasteiger partial charge in [-0.1, -0.05) is 75.1 Å². The second kappa shape index (κ2) is 26.9. The minimum Gasteiger partial charge on any atom is -0.462 e. The van der Waals surface area contributed by atoms with Crippen LogP contribution in [0.2, 0.25) is 0 Å². The molecule has 0 aliphatic rings. The number of hydrogen-bond acceptors (Lipinski definition) is 11. The smallest absolute Gasteiger partial charge is 0.338 e. The molecule has 46 heavy (non-hydrogen) atoms. The number of aliphatic hydroxyl groups is 2. The third kappa shape index (κ3) is 29.4. The molecule has 2 N–H and O–H groups in total. The molecule has 0 aromatic carbocycles. The molecule has 0 rings (SSSR count). The maximum absolute atomic E-state index is 11.5. The van der Waals surface area contributed by atoms with Crippen molar-refractivity contribution >= 4 is 29.8 Å². The van der Waals surface area contributed by atoms with Crippen molar-refractivity contribution in [2.45, 2.75) is 132 Å². The summed E-state index contributed by atoms with van der Waals surface area (Å²) in [6.07, 6.45) is 3.64. The normalized spacial score (nSPS) is 13.8. The van der Waals surface area contributed by atoms with Crippen LogP contribution in [-0.2, 0) is 42.9 Å². The lowest BCUT2D eigenvalue weighted by molar-refractivity contribution is -0.154. The summed E-state index contributed by atoms with van der Waals surface area (Å²) in [4.78, 5) is 53.9. The molecule has 0 spiro atoms. The molecule has 0 radical (unpaired) electrons. The molecular formula is C35H60O11. The summed E-state index contributed by atoms with van der Waals surface area (Å²) < 4.78 is 19.8. The number of hydrogen-bond donors (Lipinski definition) is 2. The molecule has 0 fully saturated rings. The van der Waals surface area contributed by atoms with Gasteiger partial charge in [-0.15, -0.1) is 0 Å². The van der Waals surface area contributed by atoms with Gasteiger partial charge in [0.25, 0.3) is 0 Å². The van der Waals surface area contributed by atoms with Crippen molar-refractivity contribution in [1.29, 1.82) is 0 Å². The standard InChI is InChI=1S/C17H30O5.C12H24O3.C6H6O3/c1-7-17(20)22-15(10-16(19)12(4)5)9-14(8-11(2)3)21-13(6)18;1-8(2)6-11(15-10(5)13)7-12(14)9(3)4;1-3-5(7)9-6(8)4-2/h7,11-12,14-16,19H,1,8-10H2,2-6H3;8-9,11-12,14H,6-7H2,1-5H3;3-4H,1-2H2. The Bertz CT molecular complexity index is 919. The van der Waals surface area contributed by atoms with E-state index in [4.69, 9.17) is 14.2 Å². The summed E-state index contributed by atoms with van der Waals surface area (Å²) in [5, 5.41) is 19.8. The van der Waals surface area contributed by atoms with Crippen LogP contribution in [0.15, 0.2) is 38.0 Å². The Morgan fingerprint density at radius 1 is 0.522 bits per heavy atom. The Balaban J connectivity index is -0.000000663. The minimum atomic E-state index is -0.764. The zero-order valence-corrected chi connectivity index (χ0v) is 29.7. The second-order valence-electron chi connectivity index (χ2n) is 12.5. The van der Waals surface area contributed by atoms with Gasteiger partial charge in [-0.3, -0.25) is 9.59 Å². The second-order valence-corrected chi connectivity index (χ2v) is 12.5. The Morgan fingerprint density at radius 2 is 0.826 bits per heavy atom. The lowest BCUT2D eigenvalue weighted by atomic mass is 9.95. The molecule has 0 heterocycles. The van der Waals surface area contributed by atoms with Crippen LogP contribution in [0.4, 0.5) is 0 Å². The monoisotopic (exact) mass is 656 g/mol. The first kappa shape index (κ1) is 47.1. The van der Waals surface area contributed by atoms with Crippen LogP contribution in [-0.4, -0.2) is 70.6 Å². The van der Waals surface area contributed by atoms with Gasteiger partial charge in [-0.05, 0) is 36.5 Å². The van der Waals surface area contributed by atoms with E-state index in [1.807, 2.05) is 41.5 Å². The molecule has 11 nitrogen and oxygen atoms in total. The topological polar surface area (TPSA) is 163 Å². The third-order valence-corrected chi connectivity index (χ3v) is 6.19. The predicted octanol–water partition coefficient (Wildman–Crippen LogP) is 5.66. The number of rotatable bonds is 18. The summed E-state index contributed by atoms with van der Waals surface area (Å²) in [7, 11) is 0. The molecule has 0 saturated carbocycles. The van der Waals surface area contributed by atoms with E-state index in [0.29, 0.717) is 37.5 Å². The van der Waals surface area contributed by atoms with E-state index >= 15 is 0 Å². The van der Waals surface area contributed by atoms with E-state index in [-0.39, 0.29) is 36.0 Å². The molecule has 0 bridgehead atoms. The maximum atomic E-state index is 11.5. The largest absolute Gasteiger partial charge is 0.462 e. The molecular weight excluding hydrogens is 596 g/mol. The van der Waals surface area contributed by atoms with Crippen LogP contribution in [0.5, 0.6) is 0 Å². The van der Waals surface area contributed by atoms with Crippen LogP contribution < -0.4 is 0 Å². The summed E-state index contributed by atoms with van der Waals surface area (Å²) >= 11 is 0. The van der Waals surface area contributed by atoms with Crippen molar-refractivity contribution in [2.75, 3.05) is 0 Å². The fourth-order valence-electron chi connectivity index (χ4n) is 3.87. The zero-order chi connectivity index (χ0) is 36.6. The Hall–Kier alpha value is -3.31. The van der Waals surface area contributed by atoms with Gasteiger partial charge in [0.1, 0.15) is 18.3 Å². The van der Waals surface area contributed by atoms with Gasteiger partial charge in [0, 0.05) is 51.3 Å². The molecule has 0 aliphatic heterocycles. The van der Waals surface area contributed by atoms with Crippen molar-refractivity contribution in [3.63, 3.8) is 0 Å². The fraction of sp³-hybridized carbons (Fsp3) is 0.686. The van der Waals surface area contributed by atoms with Crippen LogP contribution in [0.25, 0.3) is 0 Å². The lowest BCUT2D eigenvalue weighted by Gasteiger charge is -2.27. The Morgan fingerprint density at radius 3 is 1.09 bits per heavy atom. The highest BCUT2D eigenvalue weighted by Crippen LogP contribution is 2.21. The summed E-state index contributed by atoms with van der Waals surface area (Å²) in [6, 6.07) is 0. The van der Waals surface area contributed by atoms with Gasteiger partial charge in [-0.25, -0.2) is 14.4 Å². The van der Waals surface area contributed by atoms with Crippen molar-refractivity contribution in [3.8, 4) is 0 Å². The van der Waals surface area contributed by atoms with E-state index < -0.39 is 36.2 Å². The number of aliphatic hydroxyl groups excluding tert-OH is 2. The van der Waals surface area contributed by atoms with Crippen molar-refractivity contribution < 1.29 is 53.1 Å². The van der Waals surface area contributed by atoms with Crippen molar-refractivity contribution in [2.24, 2.45) is 23.7 Å². The Kier molecular flexibility index (Phi) is 27.5. The molecule has 0 saturated heterocycles. The molecule has 5 atom stereocenters. The van der Waals surface area contributed by atoms with E-state index in [0.717, 1.165) is 24.6 Å². The van der Waals surface area contributed by atoms with E-state index in [2.05, 4.69) is 38.3 Å². The average molecular weight is 657 g/mol. The highest BCUT2D eigenvalue weighted by Gasteiger charge is 2.26. The van der Waals surface area contributed by atoms with Crippen LogP contribution in [0.1, 0.15) is 101 Å². The third-order valence-electron chi connectivity index (χ3n) is 6.19. The van der Waals surface area contributed by atoms with Gasteiger partial charge >= 0.3 is 29.8 Å². The maximum Gasteiger partial charge on any atom is 0.338 e. The van der Waals surface area contributed by atoms with Gasteiger partial charge < -0.3 is 29.2 Å². The van der Waals surface area contributed by atoms with Crippen LogP contribution in [0.3, 0.4) is 0 Å². The van der Waals surface area contributed by atoms with Gasteiger partial charge in [0.05, 0.1) is 12.2 Å². The van der Waals surface area contributed by atoms with Gasteiger partial charge in [0.2, 0.25) is 0 Å². The Labute approximate surface area is 276 Å². The van der Waals surface area contributed by atoms with Crippen molar-refractivity contribution in [1.82, 2.24) is 0 Å². The predicted molar refractivity (Wildman–Crippen MR) is 177 cm³/mol. The number of carbonyl (C=O) groups is 5. The first-order valence-corrected chi connectivity index (χ1v) is 15.7. The molecule has 0 aromatic heterocycles. The quantitative estimate of drug-likeness (QED) is 0.0810. The van der Waals surface area contributed by atoms with Gasteiger partial charge in [-0.2, -0.15) is 0 Å². The molecule has 266 valence electrons. The first-order valence-electron chi connectivity index (χ1n) is 15.7. The zero-order valence-electron chi connectivity index (χ0n) is 29.7. The number of esters is 5. The van der Waals surface area contributed by atoms with E-state index in [1.54, 1.807) is 0 Å². The van der Waals surface area contributed by atoms with Crippen molar-refractivity contribution in [3.05, 3.63) is 38.0 Å². The van der Waals surface area contributed by atoms with E-state index in [1.165, 1.54) is 13.8 Å². The summed E-state index contributed by atoms with van der Waals surface area (Å²) in [6.45, 7) is 28.3. The molecule has 11 heteroatoms. The SMILES string of the molecule is C=CC(=O)OC(=O)C=C.C=CC(=O)OC(CC(CC(C)C)OC(C)=O)CC(O)C(C)C.CC(=O)OC(CC(C)C)CC(O)C(C)C. The highest BCUT2D eigenvalue weighted by molar-refractivity contribution is 5.95. The molecule has 5 unspecified atom stereocenters. The minimum absolute atomic E-state index is 0.0576. The molecule has 0 aromatic rings. The van der Waals surface area contributed by atoms with E-state index in [9.17, 15) is 34.2 Å².